The van der Waals surface area contributed by atoms with Gasteiger partial charge in [-0.2, -0.15) is 0 Å². The predicted molar refractivity (Wildman–Crippen MR) is 79.8 cm³/mol. The number of fused-ring (bicyclic) bond motifs is 1. The van der Waals surface area contributed by atoms with E-state index in [4.69, 9.17) is 4.74 Å². The maximum Gasteiger partial charge on any atom is 0.169 e. The van der Waals surface area contributed by atoms with Gasteiger partial charge in [0.2, 0.25) is 0 Å². The molecule has 0 aliphatic heterocycles. The molecule has 1 aromatic heterocycles. The molecule has 108 valence electrons. The number of rotatable bonds is 7. The molecular formula is C16H22N2O2. The molecule has 1 heterocycles. The van der Waals surface area contributed by atoms with Crippen LogP contribution in [0.25, 0.3) is 11.0 Å². The highest BCUT2D eigenvalue weighted by Gasteiger charge is 2.20. The predicted octanol–water partition coefficient (Wildman–Crippen LogP) is 2.98. The van der Waals surface area contributed by atoms with Crippen LogP contribution >= 0.6 is 0 Å². The lowest BCUT2D eigenvalue weighted by Gasteiger charge is -2.13. The van der Waals surface area contributed by atoms with Crippen LogP contribution in [0.15, 0.2) is 24.3 Å². The summed E-state index contributed by atoms with van der Waals surface area (Å²) in [7, 11) is 0. The molecule has 4 nitrogen and oxygen atoms in total. The van der Waals surface area contributed by atoms with Crippen LogP contribution in [0.1, 0.15) is 33.0 Å². The average Bonchev–Trinajstić information content (AvgIpc) is 2.81. The van der Waals surface area contributed by atoms with Crippen molar-refractivity contribution in [3.63, 3.8) is 0 Å². The number of hydrogen-bond acceptors (Lipinski definition) is 3. The quantitative estimate of drug-likeness (QED) is 0.779. The lowest BCUT2D eigenvalue weighted by molar-refractivity contribution is -0.129. The molecule has 1 unspecified atom stereocenters. The smallest absolute Gasteiger partial charge is 0.169 e. The minimum absolute atomic E-state index is 0.111. The third-order valence-corrected chi connectivity index (χ3v) is 3.48. The average molecular weight is 274 g/mol. The summed E-state index contributed by atoms with van der Waals surface area (Å²) in [5.74, 6) is 0.941. The van der Waals surface area contributed by atoms with Gasteiger partial charge < -0.3 is 9.30 Å². The zero-order valence-electron chi connectivity index (χ0n) is 12.4. The molecule has 0 saturated heterocycles. The number of aromatic nitrogens is 2. The van der Waals surface area contributed by atoms with Crippen molar-refractivity contribution in [1.82, 2.24) is 9.55 Å². The number of Topliss-reactive ketones (excluding diaryl/α,β-unsaturated/α-hetero) is 1. The Kier molecular flexibility index (Phi) is 4.90. The SMILES string of the molecule is CCOC(CC)C(=O)Cc1nc2ccccc2n1CC. The zero-order chi connectivity index (χ0) is 14.5. The van der Waals surface area contributed by atoms with Crippen LogP contribution in [-0.2, 0) is 22.5 Å². The molecular weight excluding hydrogens is 252 g/mol. The van der Waals surface area contributed by atoms with Crippen molar-refractivity contribution in [3.05, 3.63) is 30.1 Å². The van der Waals surface area contributed by atoms with Gasteiger partial charge in [0, 0.05) is 13.2 Å². The minimum atomic E-state index is -0.315. The van der Waals surface area contributed by atoms with Gasteiger partial charge in [-0.1, -0.05) is 19.1 Å². The van der Waals surface area contributed by atoms with Gasteiger partial charge >= 0.3 is 0 Å². The van der Waals surface area contributed by atoms with Crippen LogP contribution in [0.4, 0.5) is 0 Å². The standard InChI is InChI=1S/C16H22N2O2/c1-4-15(20-6-3)14(19)11-16-17-12-9-7-8-10-13(12)18(16)5-2/h7-10,15H,4-6,11H2,1-3H3. The second-order valence-corrected chi connectivity index (χ2v) is 4.76. The Morgan fingerprint density at radius 2 is 2.05 bits per heavy atom. The number of carbonyl (C=O) groups excluding carboxylic acids is 1. The Hall–Kier alpha value is -1.68. The molecule has 0 amide bonds. The number of ether oxygens (including phenoxy) is 1. The van der Waals surface area contributed by atoms with E-state index in [1.54, 1.807) is 0 Å². The fourth-order valence-corrected chi connectivity index (χ4v) is 2.52. The fraction of sp³-hybridized carbons (Fsp3) is 0.500. The van der Waals surface area contributed by atoms with Crippen molar-refractivity contribution in [3.8, 4) is 0 Å². The van der Waals surface area contributed by atoms with E-state index < -0.39 is 0 Å². The van der Waals surface area contributed by atoms with E-state index in [9.17, 15) is 4.79 Å². The second kappa shape index (κ2) is 6.66. The third kappa shape index (κ3) is 2.90. The summed E-state index contributed by atoms with van der Waals surface area (Å²) < 4.78 is 7.59. The lowest BCUT2D eigenvalue weighted by atomic mass is 10.1. The zero-order valence-corrected chi connectivity index (χ0v) is 12.4. The van der Waals surface area contributed by atoms with Gasteiger partial charge in [-0.3, -0.25) is 4.79 Å². The van der Waals surface area contributed by atoms with E-state index in [0.717, 1.165) is 23.4 Å². The van der Waals surface area contributed by atoms with Crippen molar-refractivity contribution in [2.75, 3.05) is 6.61 Å². The maximum absolute atomic E-state index is 12.3. The van der Waals surface area contributed by atoms with E-state index in [1.807, 2.05) is 38.1 Å². The highest BCUT2D eigenvalue weighted by atomic mass is 16.5. The summed E-state index contributed by atoms with van der Waals surface area (Å²) in [6.45, 7) is 7.34. The molecule has 1 aromatic carbocycles. The van der Waals surface area contributed by atoms with E-state index in [1.165, 1.54) is 0 Å². The third-order valence-electron chi connectivity index (χ3n) is 3.48. The number of nitrogens with zero attached hydrogens (tertiary/aromatic N) is 2. The molecule has 2 aromatic rings. The first-order valence-electron chi connectivity index (χ1n) is 7.29. The van der Waals surface area contributed by atoms with E-state index in [0.29, 0.717) is 19.4 Å². The van der Waals surface area contributed by atoms with Gasteiger partial charge in [0.15, 0.2) is 5.78 Å². The maximum atomic E-state index is 12.3. The Balaban J connectivity index is 2.26. The highest BCUT2D eigenvalue weighted by molar-refractivity contribution is 5.86. The van der Waals surface area contributed by atoms with Gasteiger partial charge in [0.25, 0.3) is 0 Å². The monoisotopic (exact) mass is 274 g/mol. The van der Waals surface area contributed by atoms with Crippen molar-refractivity contribution in [2.45, 2.75) is 46.3 Å². The second-order valence-electron chi connectivity index (χ2n) is 4.76. The molecule has 0 N–H and O–H groups in total. The molecule has 2 rings (SSSR count). The van der Waals surface area contributed by atoms with Gasteiger partial charge in [0.05, 0.1) is 17.5 Å². The van der Waals surface area contributed by atoms with E-state index >= 15 is 0 Å². The Labute approximate surface area is 119 Å². The summed E-state index contributed by atoms with van der Waals surface area (Å²) in [5, 5.41) is 0. The first-order chi connectivity index (χ1) is 9.71. The number of carbonyl (C=O) groups is 1. The van der Waals surface area contributed by atoms with Gasteiger partial charge in [0.1, 0.15) is 11.9 Å². The first kappa shape index (κ1) is 14.7. The van der Waals surface area contributed by atoms with Crippen molar-refractivity contribution in [2.24, 2.45) is 0 Å². The molecule has 0 aliphatic rings. The van der Waals surface area contributed by atoms with Crippen molar-refractivity contribution in [1.29, 1.82) is 0 Å². The normalized spacial score (nSPS) is 12.8. The van der Waals surface area contributed by atoms with Gasteiger partial charge in [-0.05, 0) is 32.4 Å². The number of ketones is 1. The Morgan fingerprint density at radius 1 is 1.30 bits per heavy atom. The Morgan fingerprint density at radius 3 is 2.70 bits per heavy atom. The van der Waals surface area contributed by atoms with Gasteiger partial charge in [-0.25, -0.2) is 4.98 Å². The topological polar surface area (TPSA) is 44.1 Å². The molecule has 0 radical (unpaired) electrons. The summed E-state index contributed by atoms with van der Waals surface area (Å²) in [4.78, 5) is 16.9. The minimum Gasteiger partial charge on any atom is -0.371 e. The molecule has 20 heavy (non-hydrogen) atoms. The van der Waals surface area contributed by atoms with Crippen LogP contribution in [0.3, 0.4) is 0 Å². The summed E-state index contributed by atoms with van der Waals surface area (Å²) >= 11 is 0. The van der Waals surface area contributed by atoms with Gasteiger partial charge in [-0.15, -0.1) is 0 Å². The van der Waals surface area contributed by atoms with E-state index in [-0.39, 0.29) is 11.9 Å². The molecule has 0 fully saturated rings. The van der Waals surface area contributed by atoms with E-state index in [2.05, 4.69) is 16.5 Å². The lowest BCUT2D eigenvalue weighted by Crippen LogP contribution is -2.26. The van der Waals surface area contributed by atoms with Crippen LogP contribution in [0.5, 0.6) is 0 Å². The molecule has 4 heteroatoms. The number of aryl methyl sites for hydroxylation is 1. The van der Waals surface area contributed by atoms with Crippen LogP contribution in [0, 0.1) is 0 Å². The fourth-order valence-electron chi connectivity index (χ4n) is 2.52. The van der Waals surface area contributed by atoms with Crippen molar-refractivity contribution >= 4 is 16.8 Å². The molecule has 1 atom stereocenters. The molecule has 0 spiro atoms. The number of hydrogen-bond donors (Lipinski definition) is 0. The van der Waals surface area contributed by atoms with Crippen molar-refractivity contribution < 1.29 is 9.53 Å². The molecule has 0 bridgehead atoms. The number of para-hydroxylation sites is 2. The highest BCUT2D eigenvalue weighted by Crippen LogP contribution is 2.17. The number of benzene rings is 1. The number of imidazole rings is 1. The van der Waals surface area contributed by atoms with Crippen LogP contribution in [0.2, 0.25) is 0 Å². The largest absolute Gasteiger partial charge is 0.371 e. The summed E-state index contributed by atoms with van der Waals surface area (Å²) in [6.07, 6.45) is 0.727. The van der Waals surface area contributed by atoms with Crippen LogP contribution < -0.4 is 0 Å². The van der Waals surface area contributed by atoms with Crippen LogP contribution in [-0.4, -0.2) is 28.0 Å². The Bertz CT molecular complexity index is 589. The summed E-state index contributed by atoms with van der Waals surface area (Å²) in [6, 6.07) is 7.99. The first-order valence-corrected chi connectivity index (χ1v) is 7.29. The summed E-state index contributed by atoms with van der Waals surface area (Å²) in [5.41, 5.74) is 2.03. The molecule has 0 aliphatic carbocycles. The molecule has 0 saturated carbocycles.